The van der Waals surface area contributed by atoms with E-state index < -0.39 is 0 Å². The predicted octanol–water partition coefficient (Wildman–Crippen LogP) is 3.31. The van der Waals surface area contributed by atoms with Gasteiger partial charge < -0.3 is 5.32 Å². The number of carbonyl (C=O) groups excluding carboxylic acids is 1. The zero-order valence-corrected chi connectivity index (χ0v) is 12.7. The van der Waals surface area contributed by atoms with Gasteiger partial charge in [-0.05, 0) is 23.6 Å². The van der Waals surface area contributed by atoms with Gasteiger partial charge in [-0.25, -0.2) is 4.98 Å². The van der Waals surface area contributed by atoms with Gasteiger partial charge in [0.1, 0.15) is 5.01 Å². The van der Waals surface area contributed by atoms with Crippen LogP contribution >= 0.6 is 22.7 Å². The summed E-state index contributed by atoms with van der Waals surface area (Å²) in [5.74, 6) is -0.125. The number of pyridine rings is 1. The molecule has 3 heterocycles. The van der Waals surface area contributed by atoms with E-state index in [2.05, 4.69) is 21.4 Å². The minimum atomic E-state index is -0.125. The molecule has 3 aromatic heterocycles. The molecule has 0 fully saturated rings. The second-order valence-electron chi connectivity index (χ2n) is 4.42. The fraction of sp³-hybridized carbons (Fsp3) is 0.133. The Morgan fingerprint density at radius 2 is 2.14 bits per heavy atom. The van der Waals surface area contributed by atoms with Gasteiger partial charge in [0.25, 0.3) is 5.91 Å². The normalized spacial score (nSPS) is 12.0. The van der Waals surface area contributed by atoms with E-state index in [1.807, 2.05) is 16.8 Å². The number of hydrogen-bond acceptors (Lipinski definition) is 5. The molecule has 21 heavy (non-hydrogen) atoms. The van der Waals surface area contributed by atoms with Crippen LogP contribution in [0.1, 0.15) is 26.3 Å². The first-order chi connectivity index (χ1) is 10.3. The Labute approximate surface area is 130 Å². The van der Waals surface area contributed by atoms with Gasteiger partial charge in [-0.2, -0.15) is 0 Å². The molecule has 3 rings (SSSR count). The molecule has 0 aliphatic carbocycles. The molecular formula is C15H13N3OS2. The zero-order chi connectivity index (χ0) is 14.5. The highest BCUT2D eigenvalue weighted by Crippen LogP contribution is 2.23. The largest absolute Gasteiger partial charge is 0.342 e. The van der Waals surface area contributed by atoms with Gasteiger partial charge in [0.2, 0.25) is 0 Å². The molecule has 1 atom stereocenters. The number of aromatic nitrogens is 2. The summed E-state index contributed by atoms with van der Waals surface area (Å²) in [6.45, 7) is 0. The van der Waals surface area contributed by atoms with Crippen molar-refractivity contribution in [3.05, 3.63) is 69.1 Å². The van der Waals surface area contributed by atoms with Crippen molar-refractivity contribution in [2.45, 2.75) is 12.5 Å². The maximum absolute atomic E-state index is 12.3. The first-order valence-corrected chi connectivity index (χ1v) is 8.21. The maximum atomic E-state index is 12.3. The number of nitrogens with zero attached hydrogens (tertiary/aromatic N) is 2. The average molecular weight is 315 g/mol. The van der Waals surface area contributed by atoms with Crippen LogP contribution in [-0.4, -0.2) is 15.9 Å². The SMILES string of the molecule is O=C(NC(Cc1cccs1)c1nccs1)c1cccnc1. The van der Waals surface area contributed by atoms with E-state index in [-0.39, 0.29) is 11.9 Å². The number of thiazole rings is 1. The number of thiophene rings is 1. The third-order valence-electron chi connectivity index (χ3n) is 2.96. The molecule has 1 unspecified atom stereocenters. The molecule has 0 bridgehead atoms. The molecule has 0 aromatic carbocycles. The van der Waals surface area contributed by atoms with Crippen LogP contribution in [0.25, 0.3) is 0 Å². The minimum absolute atomic E-state index is 0.114. The lowest BCUT2D eigenvalue weighted by Crippen LogP contribution is -2.29. The van der Waals surface area contributed by atoms with Crippen LogP contribution in [0.15, 0.2) is 53.6 Å². The van der Waals surface area contributed by atoms with E-state index in [0.717, 1.165) is 11.4 Å². The number of rotatable bonds is 5. The van der Waals surface area contributed by atoms with Crippen molar-refractivity contribution < 1.29 is 4.79 Å². The highest BCUT2D eigenvalue weighted by Gasteiger charge is 2.19. The summed E-state index contributed by atoms with van der Waals surface area (Å²) in [5.41, 5.74) is 0.560. The van der Waals surface area contributed by atoms with Gasteiger partial charge >= 0.3 is 0 Å². The summed E-state index contributed by atoms with van der Waals surface area (Å²) in [6, 6.07) is 7.49. The van der Waals surface area contributed by atoms with E-state index in [1.165, 1.54) is 4.88 Å². The molecule has 0 saturated carbocycles. The van der Waals surface area contributed by atoms with Crippen LogP contribution in [0.4, 0.5) is 0 Å². The summed E-state index contributed by atoms with van der Waals surface area (Å²) in [4.78, 5) is 21.8. The summed E-state index contributed by atoms with van der Waals surface area (Å²) in [5, 5.41) is 7.93. The Morgan fingerprint density at radius 1 is 1.19 bits per heavy atom. The van der Waals surface area contributed by atoms with E-state index in [4.69, 9.17) is 0 Å². The quantitative estimate of drug-likeness (QED) is 0.786. The summed E-state index contributed by atoms with van der Waals surface area (Å²) in [6.07, 6.45) is 5.73. The minimum Gasteiger partial charge on any atom is -0.342 e. The van der Waals surface area contributed by atoms with Crippen molar-refractivity contribution in [1.29, 1.82) is 0 Å². The molecule has 0 spiro atoms. The van der Waals surface area contributed by atoms with Crippen LogP contribution in [0.3, 0.4) is 0 Å². The third-order valence-corrected chi connectivity index (χ3v) is 4.75. The predicted molar refractivity (Wildman–Crippen MR) is 84.6 cm³/mol. The summed E-state index contributed by atoms with van der Waals surface area (Å²) in [7, 11) is 0. The van der Waals surface area contributed by atoms with E-state index in [1.54, 1.807) is 53.4 Å². The Kier molecular flexibility index (Phi) is 4.37. The van der Waals surface area contributed by atoms with Crippen molar-refractivity contribution in [2.24, 2.45) is 0 Å². The molecule has 0 saturated heterocycles. The first kappa shape index (κ1) is 13.9. The molecule has 106 valence electrons. The molecule has 3 aromatic rings. The highest BCUT2D eigenvalue weighted by molar-refractivity contribution is 7.10. The van der Waals surface area contributed by atoms with Crippen LogP contribution in [0, 0.1) is 0 Å². The molecule has 0 radical (unpaired) electrons. The third kappa shape index (κ3) is 3.53. The Morgan fingerprint density at radius 3 is 2.81 bits per heavy atom. The van der Waals surface area contributed by atoms with E-state index >= 15 is 0 Å². The lowest BCUT2D eigenvalue weighted by Gasteiger charge is -2.15. The lowest BCUT2D eigenvalue weighted by atomic mass is 10.1. The second-order valence-corrected chi connectivity index (χ2v) is 6.38. The van der Waals surface area contributed by atoms with Gasteiger partial charge in [-0.1, -0.05) is 6.07 Å². The molecule has 0 aliphatic rings. The molecular weight excluding hydrogens is 302 g/mol. The molecule has 1 amide bonds. The fourth-order valence-electron chi connectivity index (χ4n) is 1.98. The van der Waals surface area contributed by atoms with Gasteiger partial charge in [0.05, 0.1) is 11.6 Å². The molecule has 0 aliphatic heterocycles. The summed E-state index contributed by atoms with van der Waals surface area (Å²) < 4.78 is 0. The van der Waals surface area contributed by atoms with Crippen LogP contribution in [-0.2, 0) is 6.42 Å². The zero-order valence-electron chi connectivity index (χ0n) is 11.1. The maximum Gasteiger partial charge on any atom is 0.253 e. The molecule has 6 heteroatoms. The van der Waals surface area contributed by atoms with Crippen molar-refractivity contribution in [2.75, 3.05) is 0 Å². The second kappa shape index (κ2) is 6.60. The van der Waals surface area contributed by atoms with E-state index in [9.17, 15) is 4.79 Å². The average Bonchev–Trinajstić information content (AvgIpc) is 3.21. The van der Waals surface area contributed by atoms with Crippen LogP contribution < -0.4 is 5.32 Å². The fourth-order valence-corrected chi connectivity index (χ4v) is 3.42. The van der Waals surface area contributed by atoms with Gasteiger partial charge in [-0.15, -0.1) is 22.7 Å². The topological polar surface area (TPSA) is 54.9 Å². The summed E-state index contributed by atoms with van der Waals surface area (Å²) >= 11 is 3.24. The van der Waals surface area contributed by atoms with Crippen molar-refractivity contribution >= 4 is 28.6 Å². The number of amides is 1. The van der Waals surface area contributed by atoms with Crippen molar-refractivity contribution in [1.82, 2.24) is 15.3 Å². The standard InChI is InChI=1S/C15H13N3OS2/c19-14(11-3-1-5-16-10-11)18-13(15-17-6-8-21-15)9-12-4-2-7-20-12/h1-8,10,13H,9H2,(H,18,19). The van der Waals surface area contributed by atoms with E-state index in [0.29, 0.717) is 5.56 Å². The number of nitrogens with one attached hydrogen (secondary N) is 1. The van der Waals surface area contributed by atoms with Crippen molar-refractivity contribution in [3.63, 3.8) is 0 Å². The Bertz CT molecular complexity index is 681. The lowest BCUT2D eigenvalue weighted by molar-refractivity contribution is 0.0936. The van der Waals surface area contributed by atoms with Gasteiger partial charge in [-0.3, -0.25) is 9.78 Å². The van der Waals surface area contributed by atoms with Crippen molar-refractivity contribution in [3.8, 4) is 0 Å². The Balaban J connectivity index is 1.78. The molecule has 1 N–H and O–H groups in total. The molecule has 4 nitrogen and oxygen atoms in total. The highest BCUT2D eigenvalue weighted by atomic mass is 32.1. The van der Waals surface area contributed by atoms with Gasteiger partial charge in [0.15, 0.2) is 0 Å². The number of hydrogen-bond donors (Lipinski definition) is 1. The van der Waals surface area contributed by atoms with Crippen LogP contribution in [0.5, 0.6) is 0 Å². The van der Waals surface area contributed by atoms with Crippen LogP contribution in [0.2, 0.25) is 0 Å². The smallest absolute Gasteiger partial charge is 0.253 e. The van der Waals surface area contributed by atoms with Gasteiger partial charge in [0, 0.05) is 35.3 Å². The monoisotopic (exact) mass is 315 g/mol. The Hall–Kier alpha value is -2.05. The number of carbonyl (C=O) groups is 1. The first-order valence-electron chi connectivity index (χ1n) is 6.45.